The Balaban J connectivity index is 2.89. The number of benzene rings is 1. The van der Waals surface area contributed by atoms with Crippen molar-refractivity contribution < 1.29 is 14.6 Å². The van der Waals surface area contributed by atoms with E-state index in [0.29, 0.717) is 18.8 Å². The molecule has 1 aromatic rings. The van der Waals surface area contributed by atoms with E-state index in [4.69, 9.17) is 21.3 Å². The molecule has 0 aliphatic heterocycles. The van der Waals surface area contributed by atoms with Gasteiger partial charge in [0.05, 0.1) is 11.4 Å². The van der Waals surface area contributed by atoms with Crippen LogP contribution in [0.15, 0.2) is 12.1 Å². The second-order valence-electron chi connectivity index (χ2n) is 3.93. The summed E-state index contributed by atoms with van der Waals surface area (Å²) in [5, 5.41) is 9.00. The van der Waals surface area contributed by atoms with Gasteiger partial charge in [0.1, 0.15) is 17.9 Å². The molecule has 6 heteroatoms. The van der Waals surface area contributed by atoms with Crippen molar-refractivity contribution in [3.8, 4) is 5.75 Å². The second kappa shape index (κ2) is 5.40. The fourth-order valence-corrected chi connectivity index (χ4v) is 1.24. The maximum Gasteiger partial charge on any atom is 0.339 e. The number of rotatable bonds is 5. The number of nitrogens with two attached hydrogens (primary N) is 2. The summed E-state index contributed by atoms with van der Waals surface area (Å²) in [6.07, 6.45) is 0. The van der Waals surface area contributed by atoms with Gasteiger partial charge in [-0.15, -0.1) is 0 Å². The van der Waals surface area contributed by atoms with Crippen LogP contribution in [0, 0.1) is 0 Å². The van der Waals surface area contributed by atoms with Gasteiger partial charge in [0.2, 0.25) is 0 Å². The largest absolute Gasteiger partial charge is 0.491 e. The molecule has 94 valence electrons. The number of carbonyl (C=O) groups is 1. The molecule has 0 aliphatic rings. The maximum absolute atomic E-state index is 11.0. The van der Waals surface area contributed by atoms with Crippen LogP contribution in [0.4, 0.5) is 11.4 Å². The first-order chi connectivity index (χ1) is 7.91. The van der Waals surface area contributed by atoms with Crippen LogP contribution in [0.1, 0.15) is 10.4 Å². The SMILES string of the molecule is CN(C)CCOc1cc(N)c(N)cc1C(=O)O. The third kappa shape index (κ3) is 3.53. The summed E-state index contributed by atoms with van der Waals surface area (Å²) in [7, 11) is 3.80. The Kier molecular flexibility index (Phi) is 4.17. The van der Waals surface area contributed by atoms with Crippen molar-refractivity contribution in [2.45, 2.75) is 0 Å². The predicted octanol–water partition coefficient (Wildman–Crippen LogP) is 0.490. The first-order valence-corrected chi connectivity index (χ1v) is 5.11. The van der Waals surface area contributed by atoms with E-state index >= 15 is 0 Å². The lowest BCUT2D eigenvalue weighted by Crippen LogP contribution is -2.20. The Labute approximate surface area is 99.8 Å². The van der Waals surface area contributed by atoms with Crippen LogP contribution in [0.5, 0.6) is 5.75 Å². The van der Waals surface area contributed by atoms with E-state index in [1.165, 1.54) is 12.1 Å². The summed E-state index contributed by atoms with van der Waals surface area (Å²) in [5.41, 5.74) is 11.7. The number of likely N-dealkylation sites (N-methyl/N-ethyl adjacent to an activating group) is 1. The summed E-state index contributed by atoms with van der Waals surface area (Å²) < 4.78 is 5.39. The predicted molar refractivity (Wildman–Crippen MR) is 66.3 cm³/mol. The first-order valence-electron chi connectivity index (χ1n) is 5.11. The molecule has 0 aliphatic carbocycles. The third-order valence-corrected chi connectivity index (χ3v) is 2.21. The molecule has 0 heterocycles. The molecule has 0 unspecified atom stereocenters. The second-order valence-corrected chi connectivity index (χ2v) is 3.93. The van der Waals surface area contributed by atoms with Crippen molar-refractivity contribution in [1.29, 1.82) is 0 Å². The lowest BCUT2D eigenvalue weighted by molar-refractivity contribution is 0.0692. The van der Waals surface area contributed by atoms with Gasteiger partial charge in [-0.05, 0) is 20.2 Å². The first kappa shape index (κ1) is 13.1. The standard InChI is InChI=1S/C11H17N3O3/c1-14(2)3-4-17-10-6-9(13)8(12)5-7(10)11(15)16/h5-6H,3-4,12-13H2,1-2H3,(H,15,16). The molecule has 0 saturated carbocycles. The average molecular weight is 239 g/mol. The lowest BCUT2D eigenvalue weighted by Gasteiger charge is -2.13. The van der Waals surface area contributed by atoms with Gasteiger partial charge in [0.25, 0.3) is 0 Å². The van der Waals surface area contributed by atoms with E-state index in [-0.39, 0.29) is 17.0 Å². The van der Waals surface area contributed by atoms with E-state index in [1.54, 1.807) is 0 Å². The lowest BCUT2D eigenvalue weighted by atomic mass is 10.1. The molecule has 6 nitrogen and oxygen atoms in total. The van der Waals surface area contributed by atoms with Crippen LogP contribution >= 0.6 is 0 Å². The molecule has 5 N–H and O–H groups in total. The van der Waals surface area contributed by atoms with Gasteiger partial charge in [0, 0.05) is 12.6 Å². The number of carboxylic acids is 1. The van der Waals surface area contributed by atoms with Crippen molar-refractivity contribution in [2.24, 2.45) is 0 Å². The molecule has 0 amide bonds. The zero-order valence-electron chi connectivity index (χ0n) is 9.93. The Hall–Kier alpha value is -1.95. The summed E-state index contributed by atoms with van der Waals surface area (Å²) in [4.78, 5) is 12.9. The molecule has 0 saturated heterocycles. The Morgan fingerprint density at radius 3 is 2.47 bits per heavy atom. The number of hydrogen-bond acceptors (Lipinski definition) is 5. The van der Waals surface area contributed by atoms with Crippen LogP contribution in [-0.2, 0) is 0 Å². The van der Waals surface area contributed by atoms with Gasteiger partial charge in [-0.1, -0.05) is 0 Å². The highest BCUT2D eigenvalue weighted by Gasteiger charge is 2.14. The van der Waals surface area contributed by atoms with E-state index < -0.39 is 5.97 Å². The molecular weight excluding hydrogens is 222 g/mol. The van der Waals surface area contributed by atoms with E-state index in [9.17, 15) is 4.79 Å². The number of hydrogen-bond donors (Lipinski definition) is 3. The van der Waals surface area contributed by atoms with Crippen molar-refractivity contribution in [3.63, 3.8) is 0 Å². The number of ether oxygens (including phenoxy) is 1. The Morgan fingerprint density at radius 2 is 1.94 bits per heavy atom. The van der Waals surface area contributed by atoms with Gasteiger partial charge in [0.15, 0.2) is 0 Å². The molecule has 0 radical (unpaired) electrons. The van der Waals surface area contributed by atoms with Crippen molar-refractivity contribution >= 4 is 17.3 Å². The number of nitrogens with zero attached hydrogens (tertiary/aromatic N) is 1. The molecule has 1 rings (SSSR count). The molecule has 0 bridgehead atoms. The number of nitrogen functional groups attached to an aromatic ring is 2. The van der Waals surface area contributed by atoms with Gasteiger partial charge < -0.3 is 26.2 Å². The fraction of sp³-hybridized carbons (Fsp3) is 0.364. The summed E-state index contributed by atoms with van der Waals surface area (Å²) in [6.45, 7) is 1.07. The van der Waals surface area contributed by atoms with Crippen molar-refractivity contribution in [1.82, 2.24) is 4.90 Å². The summed E-state index contributed by atoms with van der Waals surface area (Å²) in [5.74, 6) is -0.845. The summed E-state index contributed by atoms with van der Waals surface area (Å²) >= 11 is 0. The highest BCUT2D eigenvalue weighted by atomic mass is 16.5. The van der Waals surface area contributed by atoms with E-state index in [2.05, 4.69) is 0 Å². The van der Waals surface area contributed by atoms with Crippen molar-refractivity contribution in [2.75, 3.05) is 38.7 Å². The summed E-state index contributed by atoms with van der Waals surface area (Å²) in [6, 6.07) is 2.75. The Morgan fingerprint density at radius 1 is 1.35 bits per heavy atom. The van der Waals surface area contributed by atoms with Gasteiger partial charge in [-0.3, -0.25) is 0 Å². The highest BCUT2D eigenvalue weighted by molar-refractivity contribution is 5.93. The third-order valence-electron chi connectivity index (χ3n) is 2.21. The minimum Gasteiger partial charge on any atom is -0.491 e. The van der Waals surface area contributed by atoms with Crippen molar-refractivity contribution in [3.05, 3.63) is 17.7 Å². The molecule has 0 spiro atoms. The van der Waals surface area contributed by atoms with E-state index in [1.807, 2.05) is 19.0 Å². The van der Waals surface area contributed by atoms with Gasteiger partial charge >= 0.3 is 5.97 Å². The van der Waals surface area contributed by atoms with Crippen LogP contribution in [0.25, 0.3) is 0 Å². The number of anilines is 2. The van der Waals surface area contributed by atoms with Crippen LogP contribution < -0.4 is 16.2 Å². The number of carboxylic acid groups (broad SMARTS) is 1. The fourth-order valence-electron chi connectivity index (χ4n) is 1.24. The van der Waals surface area contributed by atoms with Gasteiger partial charge in [-0.2, -0.15) is 0 Å². The van der Waals surface area contributed by atoms with Crippen LogP contribution in [0.2, 0.25) is 0 Å². The molecule has 1 aromatic carbocycles. The molecule has 0 aromatic heterocycles. The average Bonchev–Trinajstić information content (AvgIpc) is 2.22. The normalized spacial score (nSPS) is 10.5. The maximum atomic E-state index is 11.0. The molecule has 0 atom stereocenters. The molecule has 17 heavy (non-hydrogen) atoms. The zero-order chi connectivity index (χ0) is 13.0. The minimum atomic E-state index is -1.09. The van der Waals surface area contributed by atoms with Crippen LogP contribution in [0.3, 0.4) is 0 Å². The quantitative estimate of drug-likeness (QED) is 0.646. The topological polar surface area (TPSA) is 102 Å². The Bertz CT molecular complexity index is 419. The van der Waals surface area contributed by atoms with Crippen LogP contribution in [-0.4, -0.2) is 43.2 Å². The van der Waals surface area contributed by atoms with E-state index in [0.717, 1.165) is 0 Å². The highest BCUT2D eigenvalue weighted by Crippen LogP contribution is 2.27. The zero-order valence-corrected chi connectivity index (χ0v) is 9.93. The smallest absolute Gasteiger partial charge is 0.339 e. The number of aromatic carboxylic acids is 1. The molecule has 0 fully saturated rings. The monoisotopic (exact) mass is 239 g/mol. The molecular formula is C11H17N3O3. The van der Waals surface area contributed by atoms with Gasteiger partial charge in [-0.25, -0.2) is 4.79 Å². The minimum absolute atomic E-state index is 0.0236.